The van der Waals surface area contributed by atoms with Gasteiger partial charge in [0.05, 0.1) is 19.2 Å². The number of rotatable bonds is 7. The van der Waals surface area contributed by atoms with Crippen LogP contribution < -0.4 is 15.4 Å². The molecule has 0 bridgehead atoms. The molecule has 0 aliphatic rings. The summed E-state index contributed by atoms with van der Waals surface area (Å²) in [5.74, 6) is -1.22. The summed E-state index contributed by atoms with van der Waals surface area (Å²) < 4.78 is 5.12. The number of carboxylic acid groups (broad SMARTS) is 1. The van der Waals surface area contributed by atoms with Crippen LogP contribution in [-0.4, -0.2) is 30.6 Å². The van der Waals surface area contributed by atoms with Gasteiger partial charge < -0.3 is 20.5 Å². The van der Waals surface area contributed by atoms with E-state index < -0.39 is 11.9 Å². The summed E-state index contributed by atoms with van der Waals surface area (Å²) in [5.41, 5.74) is 0.286. The lowest BCUT2D eigenvalue weighted by Crippen LogP contribution is -2.27. The molecule has 1 aromatic carbocycles. The highest BCUT2D eigenvalue weighted by molar-refractivity contribution is 6.30. The van der Waals surface area contributed by atoms with Crippen molar-refractivity contribution in [1.29, 1.82) is 5.26 Å². The van der Waals surface area contributed by atoms with Crippen molar-refractivity contribution in [1.82, 2.24) is 5.32 Å². The zero-order valence-electron chi connectivity index (χ0n) is 11.7. The van der Waals surface area contributed by atoms with Gasteiger partial charge in [0.1, 0.15) is 17.4 Å². The van der Waals surface area contributed by atoms with Gasteiger partial charge >= 0.3 is 5.97 Å². The second kappa shape index (κ2) is 8.54. The number of anilines is 1. The lowest BCUT2D eigenvalue weighted by molar-refractivity contribution is -0.136. The molecule has 0 saturated heterocycles. The molecule has 116 valence electrons. The third-order valence-electron chi connectivity index (χ3n) is 2.52. The van der Waals surface area contributed by atoms with Crippen molar-refractivity contribution in [2.45, 2.75) is 6.42 Å². The second-order valence-corrected chi connectivity index (χ2v) is 4.49. The Labute approximate surface area is 132 Å². The summed E-state index contributed by atoms with van der Waals surface area (Å²) in [6, 6.07) is 6.58. The average molecular weight is 324 g/mol. The van der Waals surface area contributed by atoms with Crippen LogP contribution in [-0.2, 0) is 9.59 Å². The summed E-state index contributed by atoms with van der Waals surface area (Å²) in [5, 5.41) is 23.0. The molecular formula is C14H14ClN3O4. The van der Waals surface area contributed by atoms with E-state index in [1.54, 1.807) is 24.3 Å². The molecule has 0 fully saturated rings. The lowest BCUT2D eigenvalue weighted by atomic mass is 10.2. The minimum Gasteiger partial charge on any atom is -0.495 e. The molecule has 0 unspecified atom stereocenters. The summed E-state index contributed by atoms with van der Waals surface area (Å²) in [4.78, 5) is 22.1. The van der Waals surface area contributed by atoms with E-state index in [9.17, 15) is 9.59 Å². The van der Waals surface area contributed by atoms with E-state index in [1.807, 2.05) is 0 Å². The Hall–Kier alpha value is -2.72. The van der Waals surface area contributed by atoms with Gasteiger partial charge in [0.15, 0.2) is 0 Å². The molecule has 0 saturated carbocycles. The van der Waals surface area contributed by atoms with Crippen molar-refractivity contribution >= 4 is 29.2 Å². The lowest BCUT2D eigenvalue weighted by Gasteiger charge is -2.09. The van der Waals surface area contributed by atoms with Crippen LogP contribution in [0.25, 0.3) is 0 Å². The van der Waals surface area contributed by atoms with E-state index in [1.165, 1.54) is 13.3 Å². The highest BCUT2D eigenvalue weighted by Gasteiger charge is 2.10. The number of amides is 1. The van der Waals surface area contributed by atoms with Crippen LogP contribution in [0.2, 0.25) is 5.02 Å². The largest absolute Gasteiger partial charge is 0.495 e. The van der Waals surface area contributed by atoms with Gasteiger partial charge in [-0.3, -0.25) is 9.59 Å². The monoisotopic (exact) mass is 323 g/mol. The van der Waals surface area contributed by atoms with Gasteiger partial charge in [-0.15, -0.1) is 0 Å². The third kappa shape index (κ3) is 5.34. The van der Waals surface area contributed by atoms with Crippen LogP contribution in [0.4, 0.5) is 5.69 Å². The molecule has 0 heterocycles. The topological polar surface area (TPSA) is 111 Å². The van der Waals surface area contributed by atoms with Crippen LogP contribution in [0, 0.1) is 11.3 Å². The van der Waals surface area contributed by atoms with Gasteiger partial charge in [-0.2, -0.15) is 5.26 Å². The first kappa shape index (κ1) is 17.3. The number of carbonyl (C=O) groups excluding carboxylic acids is 1. The number of ether oxygens (including phenoxy) is 1. The van der Waals surface area contributed by atoms with Crippen molar-refractivity contribution in [3.05, 3.63) is 35.0 Å². The molecule has 0 spiro atoms. The quantitative estimate of drug-likeness (QED) is 0.521. The fourth-order valence-corrected chi connectivity index (χ4v) is 1.64. The molecule has 0 aliphatic carbocycles. The maximum absolute atomic E-state index is 11.7. The first-order valence-corrected chi connectivity index (χ1v) is 6.56. The molecule has 7 nitrogen and oxygen atoms in total. The molecule has 0 aliphatic heterocycles. The molecule has 1 aromatic rings. The zero-order chi connectivity index (χ0) is 16.5. The first-order chi connectivity index (χ1) is 10.5. The Bertz CT molecular complexity index is 637. The van der Waals surface area contributed by atoms with E-state index in [2.05, 4.69) is 10.6 Å². The second-order valence-electron chi connectivity index (χ2n) is 4.06. The van der Waals surface area contributed by atoms with Gasteiger partial charge in [0, 0.05) is 17.8 Å². The first-order valence-electron chi connectivity index (χ1n) is 6.18. The van der Waals surface area contributed by atoms with E-state index in [4.69, 9.17) is 26.7 Å². The average Bonchev–Trinajstić information content (AvgIpc) is 2.47. The summed E-state index contributed by atoms with van der Waals surface area (Å²) >= 11 is 5.87. The number of methoxy groups -OCH3 is 1. The Morgan fingerprint density at radius 1 is 1.50 bits per heavy atom. The highest BCUT2D eigenvalue weighted by atomic mass is 35.5. The van der Waals surface area contributed by atoms with Gasteiger partial charge in [0.25, 0.3) is 5.91 Å². The van der Waals surface area contributed by atoms with Crippen molar-refractivity contribution in [2.24, 2.45) is 0 Å². The standard InChI is InChI=1S/C14H14ClN3O4/c1-22-12-3-2-10(15)6-11(12)18-8-9(7-16)14(21)17-5-4-13(19)20/h2-3,6,8,18H,4-5H2,1H3,(H,17,21)(H,19,20)/b9-8-. The van der Waals surface area contributed by atoms with E-state index >= 15 is 0 Å². The number of nitrogens with one attached hydrogen (secondary N) is 2. The van der Waals surface area contributed by atoms with Crippen LogP contribution in [0.3, 0.4) is 0 Å². The van der Waals surface area contributed by atoms with E-state index in [-0.39, 0.29) is 18.5 Å². The van der Waals surface area contributed by atoms with Crippen LogP contribution in [0.5, 0.6) is 5.75 Å². The predicted molar refractivity (Wildman–Crippen MR) is 80.6 cm³/mol. The number of hydrogen-bond donors (Lipinski definition) is 3. The smallest absolute Gasteiger partial charge is 0.305 e. The Balaban J connectivity index is 2.77. The molecule has 0 radical (unpaired) electrons. The third-order valence-corrected chi connectivity index (χ3v) is 2.76. The number of aliphatic carboxylic acids is 1. The van der Waals surface area contributed by atoms with Crippen LogP contribution in [0.1, 0.15) is 6.42 Å². The van der Waals surface area contributed by atoms with Gasteiger partial charge in [-0.05, 0) is 18.2 Å². The van der Waals surface area contributed by atoms with E-state index in [0.29, 0.717) is 16.5 Å². The highest BCUT2D eigenvalue weighted by Crippen LogP contribution is 2.27. The van der Waals surface area contributed by atoms with Crippen molar-refractivity contribution in [3.8, 4) is 11.8 Å². The minimum atomic E-state index is -1.04. The van der Waals surface area contributed by atoms with Crippen LogP contribution in [0.15, 0.2) is 30.0 Å². The normalized spacial score (nSPS) is 10.5. The fraction of sp³-hybridized carbons (Fsp3) is 0.214. The summed E-state index contributed by atoms with van der Waals surface area (Å²) in [7, 11) is 1.47. The van der Waals surface area contributed by atoms with Crippen molar-refractivity contribution in [2.75, 3.05) is 19.0 Å². The number of benzene rings is 1. The fourth-order valence-electron chi connectivity index (χ4n) is 1.47. The summed E-state index contributed by atoms with van der Waals surface area (Å²) in [6.07, 6.45) is 0.976. The van der Waals surface area contributed by atoms with Gasteiger partial charge in [0.2, 0.25) is 0 Å². The Kier molecular flexibility index (Phi) is 6.73. The zero-order valence-corrected chi connectivity index (χ0v) is 12.5. The number of halogens is 1. The number of carbonyl (C=O) groups is 2. The maximum atomic E-state index is 11.7. The number of nitriles is 1. The summed E-state index contributed by atoms with van der Waals surface area (Å²) in [6.45, 7) is -0.0618. The molecular weight excluding hydrogens is 310 g/mol. The molecule has 3 N–H and O–H groups in total. The van der Waals surface area contributed by atoms with Crippen molar-refractivity contribution < 1.29 is 19.4 Å². The van der Waals surface area contributed by atoms with Gasteiger partial charge in [-0.25, -0.2) is 0 Å². The molecule has 1 amide bonds. The van der Waals surface area contributed by atoms with E-state index in [0.717, 1.165) is 0 Å². The number of carboxylic acids is 1. The molecule has 1 rings (SSSR count). The molecule has 8 heteroatoms. The Morgan fingerprint density at radius 2 is 2.23 bits per heavy atom. The predicted octanol–water partition coefficient (Wildman–Crippen LogP) is 1.76. The minimum absolute atomic E-state index is 0.0618. The number of nitrogens with zero attached hydrogens (tertiary/aromatic N) is 1. The van der Waals surface area contributed by atoms with Crippen molar-refractivity contribution in [3.63, 3.8) is 0 Å². The van der Waals surface area contributed by atoms with Crippen LogP contribution >= 0.6 is 11.6 Å². The maximum Gasteiger partial charge on any atom is 0.305 e. The Morgan fingerprint density at radius 3 is 2.82 bits per heavy atom. The molecule has 0 aromatic heterocycles. The molecule has 22 heavy (non-hydrogen) atoms. The molecule has 0 atom stereocenters. The SMILES string of the molecule is COc1ccc(Cl)cc1N/C=C(/C#N)C(=O)NCCC(=O)O. The van der Waals surface area contributed by atoms with Gasteiger partial charge in [-0.1, -0.05) is 11.6 Å². The number of hydrogen-bond acceptors (Lipinski definition) is 5.